The van der Waals surface area contributed by atoms with Crippen LogP contribution in [0.15, 0.2) is 12.3 Å². The minimum atomic E-state index is -1.12. The molecular weight excluding hydrogens is 305 g/mol. The van der Waals surface area contributed by atoms with Gasteiger partial charge in [-0.1, -0.05) is 23.2 Å². The third-order valence-corrected chi connectivity index (χ3v) is 3.23. The van der Waals surface area contributed by atoms with Gasteiger partial charge in [0, 0.05) is 6.20 Å². The number of hydrogen-bond acceptors (Lipinski definition) is 3. The van der Waals surface area contributed by atoms with Crippen molar-refractivity contribution in [3.8, 4) is 0 Å². The van der Waals surface area contributed by atoms with E-state index in [9.17, 15) is 9.59 Å². The highest BCUT2D eigenvalue weighted by atomic mass is 35.5. The molecule has 0 saturated carbocycles. The molecule has 6 nitrogen and oxygen atoms in total. The number of carboxylic acid groups (broad SMARTS) is 1. The average Bonchev–Trinajstić information content (AvgIpc) is 2.65. The van der Waals surface area contributed by atoms with Gasteiger partial charge in [0.05, 0.1) is 15.7 Å². The van der Waals surface area contributed by atoms with E-state index in [1.54, 1.807) is 6.92 Å². The third kappa shape index (κ3) is 2.57. The summed E-state index contributed by atoms with van der Waals surface area (Å²) in [6.07, 6.45) is 1.50. The summed E-state index contributed by atoms with van der Waals surface area (Å²) in [6.45, 7) is 3.01. The second kappa shape index (κ2) is 5.30. The Balaban J connectivity index is 2.51. The van der Waals surface area contributed by atoms with Crippen molar-refractivity contribution in [1.29, 1.82) is 0 Å². The number of pyridine rings is 1. The Kier molecular flexibility index (Phi) is 3.87. The molecule has 2 rings (SSSR count). The molecule has 2 aromatic heterocycles. The normalized spacial score (nSPS) is 12.4. The lowest BCUT2D eigenvalue weighted by Gasteiger charge is -2.09. The van der Waals surface area contributed by atoms with E-state index in [-0.39, 0.29) is 5.69 Å². The van der Waals surface area contributed by atoms with Crippen LogP contribution in [0.3, 0.4) is 0 Å². The van der Waals surface area contributed by atoms with Crippen LogP contribution in [0.5, 0.6) is 0 Å². The van der Waals surface area contributed by atoms with E-state index in [0.717, 1.165) is 0 Å². The number of carboxylic acids is 1. The van der Waals surface area contributed by atoms with Crippen molar-refractivity contribution in [2.75, 3.05) is 0 Å². The van der Waals surface area contributed by atoms with Crippen LogP contribution >= 0.6 is 23.2 Å². The molecule has 0 aliphatic carbocycles. The molecule has 0 fully saturated rings. The van der Waals surface area contributed by atoms with Gasteiger partial charge in [0.1, 0.15) is 11.7 Å². The Hall–Kier alpha value is -1.79. The number of fused-ring (bicyclic) bond motifs is 1. The molecule has 8 heteroatoms. The lowest BCUT2D eigenvalue weighted by atomic mass is 10.3. The summed E-state index contributed by atoms with van der Waals surface area (Å²) in [7, 11) is 0. The number of rotatable bonds is 3. The molecule has 0 spiro atoms. The van der Waals surface area contributed by atoms with Gasteiger partial charge in [-0.05, 0) is 19.9 Å². The van der Waals surface area contributed by atoms with Crippen molar-refractivity contribution in [2.45, 2.75) is 19.9 Å². The highest BCUT2D eigenvalue weighted by Crippen LogP contribution is 2.24. The number of carbonyl (C=O) groups excluding carboxylic acids is 1. The molecule has 0 radical (unpaired) electrons. The number of aryl methyl sites for hydroxylation is 1. The number of imidazole rings is 1. The Bertz CT molecular complexity index is 712. The maximum Gasteiger partial charge on any atom is 0.325 e. The third-order valence-electron chi connectivity index (χ3n) is 2.75. The van der Waals surface area contributed by atoms with Crippen molar-refractivity contribution in [3.63, 3.8) is 0 Å². The van der Waals surface area contributed by atoms with E-state index < -0.39 is 17.9 Å². The van der Waals surface area contributed by atoms with E-state index in [4.69, 9.17) is 28.3 Å². The second-order valence-electron chi connectivity index (χ2n) is 4.28. The van der Waals surface area contributed by atoms with Crippen LogP contribution < -0.4 is 5.32 Å². The van der Waals surface area contributed by atoms with Crippen LogP contribution in [0.4, 0.5) is 0 Å². The smallest absolute Gasteiger partial charge is 0.325 e. The zero-order valence-electron chi connectivity index (χ0n) is 10.6. The maximum atomic E-state index is 12.2. The SMILES string of the molecule is Cc1nc2c(Cl)cc(Cl)cn2c1C(=O)NC(C)C(=O)O. The molecule has 2 aromatic rings. The molecule has 2 N–H and O–H groups in total. The van der Waals surface area contributed by atoms with Crippen molar-refractivity contribution < 1.29 is 14.7 Å². The molecule has 0 aliphatic heterocycles. The van der Waals surface area contributed by atoms with Crippen molar-refractivity contribution in [1.82, 2.24) is 14.7 Å². The van der Waals surface area contributed by atoms with E-state index in [1.165, 1.54) is 23.6 Å². The van der Waals surface area contributed by atoms with Gasteiger partial charge in [-0.3, -0.25) is 14.0 Å². The molecule has 2 heterocycles. The van der Waals surface area contributed by atoms with Gasteiger partial charge in [0.2, 0.25) is 0 Å². The number of hydrogen-bond donors (Lipinski definition) is 2. The first-order valence-corrected chi connectivity index (χ1v) is 6.44. The van der Waals surface area contributed by atoms with Crippen molar-refractivity contribution in [2.24, 2.45) is 0 Å². The van der Waals surface area contributed by atoms with Crippen molar-refractivity contribution >= 4 is 40.7 Å². The number of aliphatic carboxylic acids is 1. The topological polar surface area (TPSA) is 83.7 Å². The van der Waals surface area contributed by atoms with E-state index in [1.807, 2.05) is 0 Å². The summed E-state index contributed by atoms with van der Waals surface area (Å²) in [6, 6.07) is 0.508. The molecule has 0 aromatic carbocycles. The van der Waals surface area contributed by atoms with Crippen LogP contribution in [-0.2, 0) is 4.79 Å². The molecular formula is C12H11Cl2N3O3. The van der Waals surface area contributed by atoms with Gasteiger partial charge < -0.3 is 10.4 Å². The largest absolute Gasteiger partial charge is 0.480 e. The lowest BCUT2D eigenvalue weighted by molar-refractivity contribution is -0.138. The minimum Gasteiger partial charge on any atom is -0.480 e. The molecule has 106 valence electrons. The van der Waals surface area contributed by atoms with Crippen LogP contribution in [0.25, 0.3) is 5.65 Å². The minimum absolute atomic E-state index is 0.206. The highest BCUT2D eigenvalue weighted by Gasteiger charge is 2.22. The van der Waals surface area contributed by atoms with E-state index in [0.29, 0.717) is 21.4 Å². The van der Waals surface area contributed by atoms with E-state index >= 15 is 0 Å². The average molecular weight is 316 g/mol. The lowest BCUT2D eigenvalue weighted by Crippen LogP contribution is -2.39. The van der Waals surface area contributed by atoms with Gasteiger partial charge in [-0.2, -0.15) is 0 Å². The first kappa shape index (κ1) is 14.6. The maximum absolute atomic E-state index is 12.2. The zero-order valence-corrected chi connectivity index (χ0v) is 12.2. The van der Waals surface area contributed by atoms with E-state index in [2.05, 4.69) is 10.3 Å². The van der Waals surface area contributed by atoms with Gasteiger partial charge in [0.25, 0.3) is 5.91 Å². The predicted octanol–water partition coefficient (Wildman–Crippen LogP) is 2.15. The highest BCUT2D eigenvalue weighted by molar-refractivity contribution is 6.36. The number of aromatic nitrogens is 2. The van der Waals surface area contributed by atoms with Gasteiger partial charge >= 0.3 is 5.97 Å². The first-order chi connectivity index (χ1) is 9.31. The van der Waals surface area contributed by atoms with Crippen LogP contribution in [0, 0.1) is 6.92 Å². The quantitative estimate of drug-likeness (QED) is 0.909. The fourth-order valence-corrected chi connectivity index (χ4v) is 2.30. The Labute approximate surface area is 124 Å². The van der Waals surface area contributed by atoms with Crippen LogP contribution in [0.2, 0.25) is 10.0 Å². The predicted molar refractivity (Wildman–Crippen MR) is 74.5 cm³/mol. The Morgan fingerprint density at radius 3 is 2.70 bits per heavy atom. The van der Waals surface area contributed by atoms with Crippen LogP contribution in [0.1, 0.15) is 23.1 Å². The molecule has 1 amide bonds. The number of nitrogens with one attached hydrogen (secondary N) is 1. The molecule has 1 unspecified atom stereocenters. The standard InChI is InChI=1S/C12H11Cl2N3O3/c1-5-9(11(18)16-6(2)12(19)20)17-4-7(13)3-8(14)10(17)15-5/h3-4,6H,1-2H3,(H,16,18)(H,19,20). The molecule has 0 saturated heterocycles. The summed E-state index contributed by atoms with van der Waals surface area (Å²) in [5.41, 5.74) is 1.03. The number of halogens is 2. The van der Waals surface area contributed by atoms with Gasteiger partial charge in [0.15, 0.2) is 5.65 Å². The van der Waals surface area contributed by atoms with Gasteiger partial charge in [-0.15, -0.1) is 0 Å². The summed E-state index contributed by atoms with van der Waals surface area (Å²) < 4.78 is 1.45. The number of nitrogens with zero attached hydrogens (tertiary/aromatic N) is 2. The second-order valence-corrected chi connectivity index (χ2v) is 5.12. The van der Waals surface area contributed by atoms with Crippen molar-refractivity contribution in [3.05, 3.63) is 33.7 Å². The number of carbonyl (C=O) groups is 2. The fourth-order valence-electron chi connectivity index (χ4n) is 1.79. The summed E-state index contributed by atoms with van der Waals surface area (Å²) >= 11 is 11.9. The molecule has 20 heavy (non-hydrogen) atoms. The molecule has 0 aliphatic rings. The summed E-state index contributed by atoms with van der Waals surface area (Å²) in [4.78, 5) is 27.1. The zero-order chi connectivity index (χ0) is 15.0. The summed E-state index contributed by atoms with van der Waals surface area (Å²) in [5, 5.41) is 11.8. The Morgan fingerprint density at radius 2 is 2.10 bits per heavy atom. The summed E-state index contributed by atoms with van der Waals surface area (Å²) in [5.74, 6) is -1.68. The molecule has 0 bridgehead atoms. The molecule has 1 atom stereocenters. The Morgan fingerprint density at radius 1 is 1.45 bits per heavy atom. The number of amides is 1. The van der Waals surface area contributed by atoms with Crippen LogP contribution in [-0.4, -0.2) is 32.4 Å². The first-order valence-electron chi connectivity index (χ1n) is 5.68. The monoisotopic (exact) mass is 315 g/mol. The van der Waals surface area contributed by atoms with Gasteiger partial charge in [-0.25, -0.2) is 4.98 Å². The fraction of sp³-hybridized carbons (Fsp3) is 0.250.